The van der Waals surface area contributed by atoms with Gasteiger partial charge in [0.15, 0.2) is 0 Å². The second kappa shape index (κ2) is 20.9. The summed E-state index contributed by atoms with van der Waals surface area (Å²) in [6, 6.07) is 27.2. The van der Waals surface area contributed by atoms with Crippen LogP contribution in [-0.4, -0.2) is 98.1 Å². The summed E-state index contributed by atoms with van der Waals surface area (Å²) in [4.78, 5) is 37.8. The number of nitrogens with one attached hydrogen (secondary N) is 2. The van der Waals surface area contributed by atoms with Crippen molar-refractivity contribution in [3.8, 4) is 45.6 Å². The molecule has 0 amide bonds. The molecule has 4 unspecified atom stereocenters. The molecule has 56 heavy (non-hydrogen) atoms. The van der Waals surface area contributed by atoms with Crippen molar-refractivity contribution in [2.45, 2.75) is 0 Å². The summed E-state index contributed by atoms with van der Waals surface area (Å²) in [7, 11) is 0. The Labute approximate surface area is 332 Å². The molecule has 8 rings (SSSR count). The second-order valence-electron chi connectivity index (χ2n) is 10.1. The Kier molecular flexibility index (Phi) is 16.4. The molecule has 25 heteroatoms. The van der Waals surface area contributed by atoms with Crippen LogP contribution in [0.4, 0.5) is 0 Å². The zero-order valence-corrected chi connectivity index (χ0v) is 31.7. The number of aromatic nitrogens is 8. The summed E-state index contributed by atoms with van der Waals surface area (Å²) in [6.45, 7) is 0. The third-order valence-electron chi connectivity index (χ3n) is 6.86. The number of allylic oxidation sites excluding steroid dienone is 1. The fourth-order valence-corrected chi connectivity index (χ4v) is 5.16. The number of hydrogen-bond acceptors (Lipinski definition) is 14. The molecule has 0 spiro atoms. The molecule has 0 fully saturated rings. The molecule has 8 bridgehead atoms. The van der Waals surface area contributed by atoms with Gasteiger partial charge in [0.05, 0.1) is 45.4 Å². The van der Waals surface area contributed by atoms with Crippen LogP contribution in [0.3, 0.4) is 0 Å². The molecule has 2 aliphatic heterocycles. The van der Waals surface area contributed by atoms with Crippen LogP contribution in [0.25, 0.3) is 85.0 Å². The Morgan fingerprint density at radius 2 is 0.875 bits per heavy atom. The summed E-state index contributed by atoms with van der Waals surface area (Å²) < 4.78 is 96.3. The predicted molar refractivity (Wildman–Crippen MR) is 199 cm³/mol. The summed E-state index contributed by atoms with van der Waals surface area (Å²) in [5, 5.41) is 1.88. The number of nitrogens with zero attached hydrogens (tertiary/aromatic N) is 6. The molecule has 5 heterocycles. The predicted octanol–water partition coefficient (Wildman–Crippen LogP) is 3.23. The number of fused-ring (bicyclic) bond motifs is 17. The van der Waals surface area contributed by atoms with Gasteiger partial charge in [0.2, 0.25) is 0 Å². The van der Waals surface area contributed by atoms with Crippen LogP contribution in [0.5, 0.6) is 0 Å². The van der Waals surface area contributed by atoms with Crippen molar-refractivity contribution in [3.63, 3.8) is 0 Å². The van der Waals surface area contributed by atoms with Crippen molar-refractivity contribution < 1.29 is 68.6 Å². The van der Waals surface area contributed by atoms with Gasteiger partial charge in [-0.1, -0.05) is 24.3 Å². The van der Waals surface area contributed by atoms with Crippen LogP contribution in [0.1, 0.15) is 5.56 Å². The molecule has 0 aliphatic carbocycles. The van der Waals surface area contributed by atoms with Gasteiger partial charge in [0, 0.05) is 5.39 Å². The number of benzene rings is 3. The molecule has 0 saturated carbocycles. The minimum absolute atomic E-state index is 0.493. The summed E-state index contributed by atoms with van der Waals surface area (Å²) in [5.41, 5.74) is 6.70. The van der Waals surface area contributed by atoms with Gasteiger partial charge in [-0.25, -0.2) is 16.8 Å². The molecule has 3 aromatic heterocycles. The van der Waals surface area contributed by atoms with Crippen LogP contribution < -0.4 is 0 Å². The van der Waals surface area contributed by atoms with Crippen LogP contribution >= 0.6 is 0 Å². The third kappa shape index (κ3) is 12.3. The van der Waals surface area contributed by atoms with Gasteiger partial charge >= 0.3 is 206 Å². The maximum atomic E-state index is 8.56. The average molecular weight is 885 g/mol. The quantitative estimate of drug-likeness (QED) is 0.107. The van der Waals surface area contributed by atoms with Gasteiger partial charge in [0.25, 0.3) is 0 Å². The van der Waals surface area contributed by atoms with Crippen LogP contribution in [0.2, 0.25) is 0 Å². The van der Waals surface area contributed by atoms with E-state index in [-0.39, 0.29) is 0 Å². The average Bonchev–Trinajstić information content (AvgIpc) is 3.87. The Balaban J connectivity index is 0.000000374. The number of hydrogen-bond donors (Lipinski definition) is 6. The minimum atomic E-state index is -2.86. The number of rotatable bonds is 2. The normalized spacial score (nSPS) is 13.0. The molecule has 6 N–H and O–H groups in total. The van der Waals surface area contributed by atoms with E-state index in [1.165, 1.54) is 0 Å². The molecule has 20 nitrogen and oxygen atoms in total. The fraction of sp³-hybridized carbons (Fsp3) is 0. The molecular formula is C31H21CoN8O12S4-5. The van der Waals surface area contributed by atoms with E-state index in [4.69, 9.17) is 83.2 Å². The summed E-state index contributed by atoms with van der Waals surface area (Å²) >= 11 is -7.19. The van der Waals surface area contributed by atoms with E-state index in [1.807, 2.05) is 84.9 Å². The molecule has 3 aromatic carbocycles. The van der Waals surface area contributed by atoms with Crippen molar-refractivity contribution in [2.24, 2.45) is 0 Å². The first-order valence-corrected chi connectivity index (χ1v) is 19.4. The molecule has 2 aliphatic rings. The third-order valence-corrected chi connectivity index (χ3v) is 7.06. The first-order chi connectivity index (χ1) is 26.7. The monoisotopic (exact) mass is 884 g/mol. The van der Waals surface area contributed by atoms with E-state index in [9.17, 15) is 0 Å². The molecule has 0 radical (unpaired) electrons. The number of aromatic amines is 2. The fourth-order valence-electron chi connectivity index (χ4n) is 5.06. The van der Waals surface area contributed by atoms with Crippen molar-refractivity contribution >= 4 is 89.8 Å². The maximum absolute atomic E-state index is 8.56. The molecule has 4 atom stereocenters. The standard InChI is InChI=1S/C31H17N8.Co.4H2O3S/c1-2-9-17-16-24-32-25(17)34-27-20-12-5-6-13-21(20)29(36-27)38-31-23-15-8-7-14-22(23)30(39-31)37-28-19-11-4-3-10-18(19)26(33-24)35-28;;4*1-4(2)3/h1-15H,(H2,32,33,34,35,36,37,38,39);;4*(H2,1,2,3)/q-1;;;;;/p-4/b9-2-;;;;;. The van der Waals surface area contributed by atoms with Crippen LogP contribution in [0.15, 0.2) is 78.9 Å². The van der Waals surface area contributed by atoms with Gasteiger partial charge < -0.3 is 36.4 Å². The Morgan fingerprint density at radius 1 is 0.536 bits per heavy atom. The van der Waals surface area contributed by atoms with Crippen molar-refractivity contribution in [2.75, 3.05) is 0 Å². The SMILES string of the molecule is O=S([O-])O.O=S([O-])O.O=S([O-])O.O=S([O-])O.[Co]=[CH]/C=C\c1[c-]c2nc3nc(nc4[nH]c(nc5nc(nc1[nH]2)-c1ccccc1-5)c1ccccc41)-c1ccccc1-3. The van der Waals surface area contributed by atoms with Crippen LogP contribution in [0, 0.1) is 6.07 Å². The van der Waals surface area contributed by atoms with E-state index in [1.54, 1.807) is 4.96 Å². The molecule has 295 valence electrons. The molecular weight excluding hydrogens is 864 g/mol. The van der Waals surface area contributed by atoms with E-state index >= 15 is 0 Å². The van der Waals surface area contributed by atoms with E-state index < -0.39 is 45.4 Å². The second-order valence-corrected chi connectivity index (χ2v) is 12.2. The van der Waals surface area contributed by atoms with Crippen LogP contribution in [-0.2, 0) is 60.7 Å². The van der Waals surface area contributed by atoms with E-state index in [0.29, 0.717) is 45.9 Å². The number of H-pyrrole nitrogens is 2. The van der Waals surface area contributed by atoms with Gasteiger partial charge in [0.1, 0.15) is 0 Å². The van der Waals surface area contributed by atoms with Crippen molar-refractivity contribution in [1.82, 2.24) is 39.9 Å². The first-order valence-electron chi connectivity index (χ1n) is 14.6. The van der Waals surface area contributed by atoms with Gasteiger partial charge in [-0.2, -0.15) is 0 Å². The van der Waals surface area contributed by atoms with E-state index in [0.717, 1.165) is 38.6 Å². The topological polar surface area (TPSA) is 350 Å². The Bertz CT molecular complexity index is 2620. The van der Waals surface area contributed by atoms with Crippen molar-refractivity contribution in [3.05, 3.63) is 90.5 Å². The Morgan fingerprint density at radius 3 is 1.25 bits per heavy atom. The van der Waals surface area contributed by atoms with E-state index in [2.05, 4.69) is 31.3 Å². The van der Waals surface area contributed by atoms with Gasteiger partial charge in [-0.15, -0.1) is 0 Å². The van der Waals surface area contributed by atoms with Gasteiger partial charge in [-0.05, 0) is 0 Å². The van der Waals surface area contributed by atoms with Crippen molar-refractivity contribution in [1.29, 1.82) is 0 Å². The summed E-state index contributed by atoms with van der Waals surface area (Å²) in [5.74, 6) is 2.23. The molecule has 6 aromatic rings. The summed E-state index contributed by atoms with van der Waals surface area (Å²) in [6.07, 6.45) is 3.68. The molecule has 0 saturated heterocycles. The van der Waals surface area contributed by atoms with Gasteiger partial charge in [-0.3, -0.25) is 0 Å². The zero-order chi connectivity index (χ0) is 40.9. The zero-order valence-electron chi connectivity index (χ0n) is 27.4. The first kappa shape index (κ1) is 43.9. The Hall–Kier alpha value is -4.84.